The third-order valence-corrected chi connectivity index (χ3v) is 1.79. The van der Waals surface area contributed by atoms with Gasteiger partial charge in [0.1, 0.15) is 0 Å². The second-order valence-corrected chi connectivity index (χ2v) is 3.96. The molecule has 0 radical (unpaired) electrons. The summed E-state index contributed by atoms with van der Waals surface area (Å²) in [6.07, 6.45) is 0. The van der Waals surface area contributed by atoms with Crippen molar-refractivity contribution in [1.82, 2.24) is 4.90 Å². The van der Waals surface area contributed by atoms with E-state index in [1.165, 1.54) is 0 Å². The lowest BCUT2D eigenvalue weighted by atomic mass is 10.4. The van der Waals surface area contributed by atoms with Gasteiger partial charge in [-0.15, -0.1) is 34.8 Å². The fourth-order valence-corrected chi connectivity index (χ4v) is 1.56. The standard InChI is InChI=1S/C7H14Cl3N/c1-7(10)6-11(4-2-8)5-3-9/h7H,2-6H2,1H3. The molecule has 0 saturated heterocycles. The summed E-state index contributed by atoms with van der Waals surface area (Å²) in [5, 5.41) is 0.168. The largest absolute Gasteiger partial charge is 0.300 e. The van der Waals surface area contributed by atoms with Crippen LogP contribution in [0.15, 0.2) is 0 Å². The SMILES string of the molecule is CC(Cl)CN(CCCl)CCCl. The lowest BCUT2D eigenvalue weighted by Gasteiger charge is -2.20. The van der Waals surface area contributed by atoms with Crippen LogP contribution in [0.5, 0.6) is 0 Å². The molecule has 0 N–H and O–H groups in total. The summed E-state index contributed by atoms with van der Waals surface area (Å²) in [6, 6.07) is 0. The molecule has 0 aromatic carbocycles. The minimum absolute atomic E-state index is 0.168. The molecule has 1 nitrogen and oxygen atoms in total. The molecule has 0 aliphatic carbocycles. The topological polar surface area (TPSA) is 3.24 Å². The molecule has 1 atom stereocenters. The van der Waals surface area contributed by atoms with Crippen LogP contribution in [0.25, 0.3) is 0 Å². The summed E-state index contributed by atoms with van der Waals surface area (Å²) in [5.74, 6) is 1.28. The Labute approximate surface area is 83.6 Å². The minimum atomic E-state index is 0.168. The first-order valence-corrected chi connectivity index (χ1v) is 5.19. The highest BCUT2D eigenvalue weighted by molar-refractivity contribution is 6.20. The normalized spacial score (nSPS) is 13.9. The van der Waals surface area contributed by atoms with Crippen molar-refractivity contribution >= 4 is 34.8 Å². The van der Waals surface area contributed by atoms with Gasteiger partial charge in [0.15, 0.2) is 0 Å². The van der Waals surface area contributed by atoms with Crippen LogP contribution < -0.4 is 0 Å². The first kappa shape index (κ1) is 11.8. The van der Waals surface area contributed by atoms with Gasteiger partial charge in [-0.3, -0.25) is 4.90 Å². The summed E-state index contributed by atoms with van der Waals surface area (Å²) < 4.78 is 0. The molecule has 0 heterocycles. The van der Waals surface area contributed by atoms with Crippen LogP contribution in [0.1, 0.15) is 6.92 Å². The van der Waals surface area contributed by atoms with Gasteiger partial charge in [0, 0.05) is 36.8 Å². The van der Waals surface area contributed by atoms with E-state index in [4.69, 9.17) is 34.8 Å². The van der Waals surface area contributed by atoms with Crippen molar-refractivity contribution in [2.24, 2.45) is 0 Å². The maximum Gasteiger partial charge on any atom is 0.0435 e. The Kier molecular flexibility index (Phi) is 8.04. The molecule has 1 unspecified atom stereocenters. The first-order chi connectivity index (χ1) is 5.20. The predicted octanol–water partition coefficient (Wildman–Crippen LogP) is 2.39. The van der Waals surface area contributed by atoms with Gasteiger partial charge in [-0.2, -0.15) is 0 Å². The molecule has 0 saturated carbocycles. The zero-order valence-corrected chi connectivity index (χ0v) is 8.96. The molecule has 0 aromatic rings. The van der Waals surface area contributed by atoms with Crippen molar-refractivity contribution in [2.75, 3.05) is 31.4 Å². The van der Waals surface area contributed by atoms with Crippen molar-refractivity contribution in [3.8, 4) is 0 Å². The highest BCUT2D eigenvalue weighted by Crippen LogP contribution is 1.99. The van der Waals surface area contributed by atoms with Gasteiger partial charge < -0.3 is 0 Å². The smallest absolute Gasteiger partial charge is 0.0435 e. The fourth-order valence-electron chi connectivity index (χ4n) is 0.889. The van der Waals surface area contributed by atoms with Gasteiger partial charge >= 0.3 is 0 Å². The molecule has 68 valence electrons. The van der Waals surface area contributed by atoms with Crippen molar-refractivity contribution < 1.29 is 0 Å². The Hall–Kier alpha value is 0.830. The van der Waals surface area contributed by atoms with Gasteiger partial charge in [0.25, 0.3) is 0 Å². The van der Waals surface area contributed by atoms with E-state index in [1.807, 2.05) is 6.92 Å². The Morgan fingerprint density at radius 1 is 1.18 bits per heavy atom. The number of rotatable bonds is 6. The van der Waals surface area contributed by atoms with Crippen LogP contribution in [0.2, 0.25) is 0 Å². The molecule has 4 heteroatoms. The van der Waals surface area contributed by atoms with E-state index >= 15 is 0 Å². The molecule has 0 aliphatic heterocycles. The third-order valence-electron chi connectivity index (χ3n) is 1.31. The second-order valence-electron chi connectivity index (χ2n) is 2.46. The summed E-state index contributed by atoms with van der Waals surface area (Å²) in [5.41, 5.74) is 0. The lowest BCUT2D eigenvalue weighted by Crippen LogP contribution is -2.32. The van der Waals surface area contributed by atoms with Gasteiger partial charge in [-0.05, 0) is 6.92 Å². The molecular weight excluding hydrogens is 204 g/mol. The average molecular weight is 219 g/mol. The molecule has 0 spiro atoms. The van der Waals surface area contributed by atoms with Crippen molar-refractivity contribution in [2.45, 2.75) is 12.3 Å². The van der Waals surface area contributed by atoms with Gasteiger partial charge in [-0.25, -0.2) is 0 Å². The molecule has 11 heavy (non-hydrogen) atoms. The van der Waals surface area contributed by atoms with Gasteiger partial charge in [0.05, 0.1) is 0 Å². The van der Waals surface area contributed by atoms with E-state index in [0.717, 1.165) is 19.6 Å². The molecule has 0 bridgehead atoms. The van der Waals surface area contributed by atoms with Gasteiger partial charge in [0.2, 0.25) is 0 Å². The monoisotopic (exact) mass is 217 g/mol. The molecule has 0 rings (SSSR count). The Bertz CT molecular complexity index is 81.8. The quantitative estimate of drug-likeness (QED) is 0.619. The Balaban J connectivity index is 3.50. The summed E-state index contributed by atoms with van der Waals surface area (Å²) in [4.78, 5) is 2.16. The number of nitrogens with zero attached hydrogens (tertiary/aromatic N) is 1. The van der Waals surface area contributed by atoms with Crippen LogP contribution in [0.3, 0.4) is 0 Å². The zero-order chi connectivity index (χ0) is 8.69. The van der Waals surface area contributed by atoms with E-state index < -0.39 is 0 Å². The van der Waals surface area contributed by atoms with Crippen molar-refractivity contribution in [3.05, 3.63) is 0 Å². The summed E-state index contributed by atoms with van der Waals surface area (Å²) >= 11 is 17.0. The van der Waals surface area contributed by atoms with E-state index in [0.29, 0.717) is 11.8 Å². The van der Waals surface area contributed by atoms with Crippen LogP contribution in [0, 0.1) is 0 Å². The predicted molar refractivity (Wildman–Crippen MR) is 53.2 cm³/mol. The van der Waals surface area contributed by atoms with Crippen LogP contribution in [0.4, 0.5) is 0 Å². The van der Waals surface area contributed by atoms with Crippen LogP contribution >= 0.6 is 34.8 Å². The summed E-state index contributed by atoms with van der Waals surface area (Å²) in [7, 11) is 0. The van der Waals surface area contributed by atoms with Gasteiger partial charge in [-0.1, -0.05) is 0 Å². The maximum absolute atomic E-state index is 5.82. The van der Waals surface area contributed by atoms with Crippen molar-refractivity contribution in [1.29, 1.82) is 0 Å². The highest BCUT2D eigenvalue weighted by Gasteiger charge is 2.05. The number of hydrogen-bond donors (Lipinski definition) is 0. The molecular formula is C7H14Cl3N. The zero-order valence-electron chi connectivity index (χ0n) is 6.69. The lowest BCUT2D eigenvalue weighted by molar-refractivity contribution is 0.310. The van der Waals surface area contributed by atoms with Crippen molar-refractivity contribution in [3.63, 3.8) is 0 Å². The number of hydrogen-bond acceptors (Lipinski definition) is 1. The second kappa shape index (κ2) is 7.48. The molecule has 0 aliphatic rings. The molecule has 0 fully saturated rings. The van der Waals surface area contributed by atoms with Crippen LogP contribution in [-0.4, -0.2) is 41.7 Å². The van der Waals surface area contributed by atoms with E-state index in [1.54, 1.807) is 0 Å². The minimum Gasteiger partial charge on any atom is -0.300 e. The number of alkyl halides is 3. The van der Waals surface area contributed by atoms with E-state index in [-0.39, 0.29) is 5.38 Å². The highest BCUT2D eigenvalue weighted by atomic mass is 35.5. The van der Waals surface area contributed by atoms with Crippen LogP contribution in [-0.2, 0) is 0 Å². The molecule has 0 aromatic heterocycles. The third kappa shape index (κ3) is 7.20. The Morgan fingerprint density at radius 3 is 1.91 bits per heavy atom. The Morgan fingerprint density at radius 2 is 1.64 bits per heavy atom. The molecule has 0 amide bonds. The summed E-state index contributed by atoms with van der Waals surface area (Å²) in [6.45, 7) is 4.56. The average Bonchev–Trinajstić information content (AvgIpc) is 1.87. The maximum atomic E-state index is 5.82. The number of halogens is 3. The fraction of sp³-hybridized carbons (Fsp3) is 1.00. The van der Waals surface area contributed by atoms with E-state index in [9.17, 15) is 0 Å². The first-order valence-electron chi connectivity index (χ1n) is 3.69. The van der Waals surface area contributed by atoms with E-state index in [2.05, 4.69) is 4.90 Å².